The second-order valence-electron chi connectivity index (χ2n) is 5.29. The fraction of sp³-hybridized carbons (Fsp3) is 0.176. The SMILES string of the molecule is O=C(Cc1ccccc1F)NCC(=O)Nc1ccc(Cl)c(C(F)(F)F)c1. The summed E-state index contributed by atoms with van der Waals surface area (Å²) in [6.07, 6.45) is -4.93. The molecule has 0 heterocycles. The third kappa shape index (κ3) is 5.45. The fourth-order valence-electron chi connectivity index (χ4n) is 2.08. The molecule has 0 bridgehead atoms. The quantitative estimate of drug-likeness (QED) is 0.766. The van der Waals surface area contributed by atoms with Crippen molar-refractivity contribution in [3.05, 3.63) is 64.4 Å². The van der Waals surface area contributed by atoms with Crippen LogP contribution in [0.1, 0.15) is 11.1 Å². The lowest BCUT2D eigenvalue weighted by Crippen LogP contribution is -2.34. The fourth-order valence-corrected chi connectivity index (χ4v) is 2.31. The zero-order valence-corrected chi connectivity index (χ0v) is 13.9. The van der Waals surface area contributed by atoms with Crippen molar-refractivity contribution in [2.45, 2.75) is 12.6 Å². The van der Waals surface area contributed by atoms with E-state index in [0.717, 1.165) is 6.07 Å². The second-order valence-corrected chi connectivity index (χ2v) is 5.69. The number of rotatable bonds is 5. The van der Waals surface area contributed by atoms with Crippen molar-refractivity contribution < 1.29 is 27.2 Å². The van der Waals surface area contributed by atoms with Gasteiger partial charge in [-0.05, 0) is 29.8 Å². The number of halogens is 5. The van der Waals surface area contributed by atoms with Crippen molar-refractivity contribution in [2.24, 2.45) is 0 Å². The molecular weight excluding hydrogens is 376 g/mol. The zero-order valence-electron chi connectivity index (χ0n) is 13.2. The van der Waals surface area contributed by atoms with Crippen molar-refractivity contribution >= 4 is 29.1 Å². The summed E-state index contributed by atoms with van der Waals surface area (Å²) in [5.74, 6) is -1.88. The monoisotopic (exact) mass is 388 g/mol. The molecule has 0 aliphatic rings. The van der Waals surface area contributed by atoms with Crippen LogP contribution in [-0.4, -0.2) is 18.4 Å². The van der Waals surface area contributed by atoms with Crippen LogP contribution in [0, 0.1) is 5.82 Å². The summed E-state index contributed by atoms with van der Waals surface area (Å²) >= 11 is 5.49. The lowest BCUT2D eigenvalue weighted by molar-refractivity contribution is -0.137. The van der Waals surface area contributed by atoms with Crippen LogP contribution in [0.4, 0.5) is 23.2 Å². The predicted molar refractivity (Wildman–Crippen MR) is 88.2 cm³/mol. The van der Waals surface area contributed by atoms with Gasteiger partial charge in [0.2, 0.25) is 11.8 Å². The van der Waals surface area contributed by atoms with Crippen LogP contribution in [0.5, 0.6) is 0 Å². The standard InChI is InChI=1S/C17H13ClF4N2O2/c18-13-6-5-11(8-12(13)17(20,21)22)24-16(26)9-23-15(25)7-10-3-1-2-4-14(10)19/h1-6,8H,7,9H2,(H,23,25)(H,24,26). The number of nitrogens with one attached hydrogen (secondary N) is 2. The molecule has 0 aliphatic heterocycles. The molecule has 0 aliphatic carbocycles. The Balaban J connectivity index is 1.91. The van der Waals surface area contributed by atoms with Crippen molar-refractivity contribution in [1.29, 1.82) is 0 Å². The minimum Gasteiger partial charge on any atom is -0.347 e. The van der Waals surface area contributed by atoms with Crippen LogP contribution in [0.2, 0.25) is 5.02 Å². The van der Waals surface area contributed by atoms with Gasteiger partial charge in [-0.25, -0.2) is 4.39 Å². The van der Waals surface area contributed by atoms with Gasteiger partial charge in [-0.2, -0.15) is 13.2 Å². The second kappa shape index (κ2) is 8.18. The summed E-state index contributed by atoms with van der Waals surface area (Å²) in [6, 6.07) is 8.59. The smallest absolute Gasteiger partial charge is 0.347 e. The molecule has 0 spiro atoms. The first-order chi connectivity index (χ1) is 12.2. The van der Waals surface area contributed by atoms with Gasteiger partial charge >= 0.3 is 6.18 Å². The molecule has 4 nitrogen and oxygen atoms in total. The highest BCUT2D eigenvalue weighted by molar-refractivity contribution is 6.31. The van der Waals surface area contributed by atoms with Gasteiger partial charge in [0.25, 0.3) is 0 Å². The van der Waals surface area contributed by atoms with E-state index in [1.807, 2.05) is 0 Å². The first-order valence-electron chi connectivity index (χ1n) is 7.33. The molecule has 0 radical (unpaired) electrons. The van der Waals surface area contributed by atoms with Crippen molar-refractivity contribution in [3.63, 3.8) is 0 Å². The first-order valence-corrected chi connectivity index (χ1v) is 7.71. The van der Waals surface area contributed by atoms with Gasteiger partial charge < -0.3 is 10.6 Å². The number of carbonyl (C=O) groups excluding carboxylic acids is 2. The van der Waals surface area contributed by atoms with Gasteiger partial charge in [-0.3, -0.25) is 9.59 Å². The van der Waals surface area contributed by atoms with Crippen molar-refractivity contribution in [2.75, 3.05) is 11.9 Å². The summed E-state index contributed by atoms with van der Waals surface area (Å²) < 4.78 is 51.8. The van der Waals surface area contributed by atoms with E-state index >= 15 is 0 Å². The van der Waals surface area contributed by atoms with Crippen molar-refractivity contribution in [1.82, 2.24) is 5.32 Å². The molecule has 0 unspecified atom stereocenters. The van der Waals surface area contributed by atoms with Crippen LogP contribution in [-0.2, 0) is 22.2 Å². The Labute approximate surface area is 151 Å². The van der Waals surface area contributed by atoms with E-state index in [1.54, 1.807) is 6.07 Å². The highest BCUT2D eigenvalue weighted by Gasteiger charge is 2.33. The lowest BCUT2D eigenvalue weighted by atomic mass is 10.1. The third-order valence-electron chi connectivity index (χ3n) is 3.31. The number of hydrogen-bond donors (Lipinski definition) is 2. The molecule has 0 saturated heterocycles. The Hall–Kier alpha value is -2.61. The molecule has 2 amide bonds. The molecule has 2 rings (SSSR count). The molecule has 2 N–H and O–H groups in total. The van der Waals surface area contributed by atoms with Gasteiger partial charge in [0.05, 0.1) is 23.6 Å². The van der Waals surface area contributed by atoms with Crippen LogP contribution < -0.4 is 10.6 Å². The molecular formula is C17H13ClF4N2O2. The minimum atomic E-state index is -4.66. The summed E-state index contributed by atoms with van der Waals surface area (Å²) in [7, 11) is 0. The van der Waals surface area contributed by atoms with Gasteiger partial charge in [-0.1, -0.05) is 29.8 Å². The lowest BCUT2D eigenvalue weighted by Gasteiger charge is -2.12. The molecule has 0 aromatic heterocycles. The molecule has 0 saturated carbocycles. The Morgan fingerprint density at radius 2 is 1.73 bits per heavy atom. The van der Waals surface area contributed by atoms with E-state index in [2.05, 4.69) is 10.6 Å². The van der Waals surface area contributed by atoms with Gasteiger partial charge in [0, 0.05) is 5.69 Å². The largest absolute Gasteiger partial charge is 0.417 e. The Kier molecular flexibility index (Phi) is 6.20. The van der Waals surface area contributed by atoms with E-state index in [1.165, 1.54) is 24.3 Å². The zero-order chi connectivity index (χ0) is 19.3. The normalized spacial score (nSPS) is 11.1. The first kappa shape index (κ1) is 19.7. The van der Waals surface area contributed by atoms with Crippen LogP contribution in [0.3, 0.4) is 0 Å². The molecule has 9 heteroatoms. The van der Waals surface area contributed by atoms with Crippen LogP contribution >= 0.6 is 11.6 Å². The number of anilines is 1. The number of carbonyl (C=O) groups is 2. The van der Waals surface area contributed by atoms with Gasteiger partial charge in [0.1, 0.15) is 5.82 Å². The molecule has 2 aromatic rings. The highest BCUT2D eigenvalue weighted by atomic mass is 35.5. The maximum atomic E-state index is 13.4. The van der Waals surface area contributed by atoms with Gasteiger partial charge in [0.15, 0.2) is 0 Å². The molecule has 26 heavy (non-hydrogen) atoms. The summed E-state index contributed by atoms with van der Waals surface area (Å²) in [5, 5.41) is 4.00. The summed E-state index contributed by atoms with van der Waals surface area (Å²) in [6.45, 7) is -0.475. The minimum absolute atomic E-state index is 0.116. The Morgan fingerprint density at radius 1 is 1.04 bits per heavy atom. The maximum absolute atomic E-state index is 13.4. The number of amides is 2. The third-order valence-corrected chi connectivity index (χ3v) is 3.64. The maximum Gasteiger partial charge on any atom is 0.417 e. The Morgan fingerprint density at radius 3 is 2.38 bits per heavy atom. The van der Waals surface area contributed by atoms with Crippen LogP contribution in [0.25, 0.3) is 0 Å². The molecule has 138 valence electrons. The number of benzene rings is 2. The van der Waals surface area contributed by atoms with E-state index in [4.69, 9.17) is 11.6 Å². The molecule has 0 atom stereocenters. The Bertz CT molecular complexity index is 825. The summed E-state index contributed by atoms with van der Waals surface area (Å²) in [5.41, 5.74) is -1.03. The highest BCUT2D eigenvalue weighted by Crippen LogP contribution is 2.36. The number of alkyl halides is 3. The van der Waals surface area contributed by atoms with Gasteiger partial charge in [-0.15, -0.1) is 0 Å². The molecule has 2 aromatic carbocycles. The summed E-state index contributed by atoms with van der Waals surface area (Å²) in [4.78, 5) is 23.5. The number of hydrogen-bond acceptors (Lipinski definition) is 2. The van der Waals surface area contributed by atoms with E-state index in [9.17, 15) is 27.2 Å². The van der Waals surface area contributed by atoms with E-state index < -0.39 is 40.9 Å². The topological polar surface area (TPSA) is 58.2 Å². The van der Waals surface area contributed by atoms with E-state index in [-0.39, 0.29) is 17.7 Å². The predicted octanol–water partition coefficient (Wildman–Crippen LogP) is 3.80. The van der Waals surface area contributed by atoms with Crippen molar-refractivity contribution in [3.8, 4) is 0 Å². The average Bonchev–Trinajstić information content (AvgIpc) is 2.56. The molecule has 0 fully saturated rings. The van der Waals surface area contributed by atoms with E-state index in [0.29, 0.717) is 6.07 Å². The van der Waals surface area contributed by atoms with Crippen LogP contribution in [0.15, 0.2) is 42.5 Å². The average molecular weight is 389 g/mol.